The normalized spacial score (nSPS) is 15.4. The van der Waals surface area contributed by atoms with Gasteiger partial charge in [-0.25, -0.2) is 18.7 Å². The van der Waals surface area contributed by atoms with Crippen molar-refractivity contribution in [3.05, 3.63) is 90.9 Å². The van der Waals surface area contributed by atoms with Crippen LogP contribution in [0.25, 0.3) is 16.8 Å². The molecule has 1 aliphatic rings. The molecular weight excluding hydrogens is 622 g/mol. The second-order valence-corrected chi connectivity index (χ2v) is 11.0. The first-order valence-electron chi connectivity index (χ1n) is 14.2. The van der Waals surface area contributed by atoms with Crippen LogP contribution in [0.4, 0.5) is 33.7 Å². The molecule has 0 fully saturated rings. The maximum Gasteiger partial charge on any atom is 0.505 e. The molecule has 3 aromatic heterocycles. The molecule has 0 bridgehead atoms. The number of nitrogens with one attached hydrogen (secondary N) is 1. The standard InChI is InChI=1S/C32H25F4N7O4/c1-18(2)41-15-23(30(45)43(31(41)46)21-6-4-20(33)5-7-21)29(44)39-25-9-8-22(13-24(25)32(34,35)36)47-28-12-19(26-16-40(3)17-37-26)14-42-27(28)10-11-38-42/h4-18,23H,1-3H3/p+1. The number of carbonyl (C=O) groups excluding carboxylic acids is 3. The van der Waals surface area contributed by atoms with Gasteiger partial charge in [0.05, 0.1) is 41.7 Å². The Morgan fingerprint density at radius 3 is 2.45 bits per heavy atom. The van der Waals surface area contributed by atoms with Crippen molar-refractivity contribution in [2.24, 2.45) is 13.0 Å². The number of anilines is 2. The molecule has 0 saturated carbocycles. The fourth-order valence-electron chi connectivity index (χ4n) is 5.09. The third-order valence-corrected chi connectivity index (χ3v) is 7.39. The zero-order chi connectivity index (χ0) is 33.6. The van der Waals surface area contributed by atoms with Gasteiger partial charge in [0.15, 0.2) is 11.7 Å². The van der Waals surface area contributed by atoms with E-state index in [9.17, 15) is 31.9 Å². The van der Waals surface area contributed by atoms with Gasteiger partial charge < -0.3 is 14.6 Å². The van der Waals surface area contributed by atoms with Crippen molar-refractivity contribution in [2.45, 2.75) is 26.1 Å². The molecule has 1 atom stereocenters. The van der Waals surface area contributed by atoms with Crippen LogP contribution in [0.5, 0.6) is 11.5 Å². The first-order chi connectivity index (χ1) is 22.3. The number of hydrogen-bond donors (Lipinski definition) is 1. The van der Waals surface area contributed by atoms with Gasteiger partial charge in [-0.3, -0.25) is 4.79 Å². The van der Waals surface area contributed by atoms with Crippen molar-refractivity contribution in [3.63, 3.8) is 0 Å². The summed E-state index contributed by atoms with van der Waals surface area (Å²) in [5.74, 6) is -4.39. The van der Waals surface area contributed by atoms with Crippen LogP contribution in [0.2, 0.25) is 0 Å². The highest BCUT2D eigenvalue weighted by atomic mass is 19.4. The first-order valence-corrected chi connectivity index (χ1v) is 14.2. The van der Waals surface area contributed by atoms with Crippen molar-refractivity contribution in [3.8, 4) is 22.8 Å². The zero-order valence-electron chi connectivity index (χ0n) is 25.1. The summed E-state index contributed by atoms with van der Waals surface area (Å²) in [5.41, 5.74) is -0.188. The lowest BCUT2D eigenvalue weighted by Crippen LogP contribution is -2.55. The molecule has 1 aliphatic heterocycles. The van der Waals surface area contributed by atoms with Gasteiger partial charge in [-0.2, -0.15) is 27.6 Å². The Hall–Kier alpha value is -5.86. The Balaban J connectivity index is 1.32. The molecule has 15 heteroatoms. The van der Waals surface area contributed by atoms with Gasteiger partial charge in [-0.1, -0.05) is 0 Å². The van der Waals surface area contributed by atoms with Crippen LogP contribution < -0.4 is 15.0 Å². The highest BCUT2D eigenvalue weighted by Crippen LogP contribution is 2.39. The van der Waals surface area contributed by atoms with Gasteiger partial charge in [0.2, 0.25) is 5.91 Å². The highest BCUT2D eigenvalue weighted by Gasteiger charge is 2.48. The molecule has 6 rings (SSSR count). The number of ether oxygens (including phenoxy) is 1. The number of aryl methyl sites for hydroxylation is 1. The Morgan fingerprint density at radius 1 is 1.04 bits per heavy atom. The first kappa shape index (κ1) is 31.1. The van der Waals surface area contributed by atoms with E-state index in [1.165, 1.54) is 28.9 Å². The quantitative estimate of drug-likeness (QED) is 0.134. The van der Waals surface area contributed by atoms with Crippen LogP contribution in [0.3, 0.4) is 0 Å². The van der Waals surface area contributed by atoms with E-state index in [1.54, 1.807) is 56.3 Å². The maximum atomic E-state index is 14.4. The number of benzene rings is 2. The van der Waals surface area contributed by atoms with E-state index in [2.05, 4.69) is 15.4 Å². The number of nitrogens with zero attached hydrogens (tertiary/aromatic N) is 6. The van der Waals surface area contributed by atoms with Crippen molar-refractivity contribution >= 4 is 41.0 Å². The van der Waals surface area contributed by atoms with E-state index in [0.717, 1.165) is 35.1 Å². The molecular formula is C32H26F4N7O4+. The lowest BCUT2D eigenvalue weighted by Gasteiger charge is -2.25. The minimum Gasteiger partial charge on any atom is -0.455 e. The van der Waals surface area contributed by atoms with E-state index < -0.39 is 53.0 Å². The number of rotatable bonds is 7. The van der Waals surface area contributed by atoms with Crippen molar-refractivity contribution in [2.75, 3.05) is 10.2 Å². The summed E-state index contributed by atoms with van der Waals surface area (Å²) in [6.07, 6.45) is 2.71. The van der Waals surface area contributed by atoms with Gasteiger partial charge in [-0.15, -0.1) is 4.90 Å². The van der Waals surface area contributed by atoms with Crippen LogP contribution in [-0.2, 0) is 22.8 Å². The minimum absolute atomic E-state index is 0.00478. The third-order valence-electron chi connectivity index (χ3n) is 7.39. The van der Waals surface area contributed by atoms with E-state index in [4.69, 9.17) is 4.74 Å². The molecule has 4 amide bonds. The topological polar surface area (TPSA) is 114 Å². The van der Waals surface area contributed by atoms with E-state index >= 15 is 0 Å². The number of hydrogen-bond acceptors (Lipinski definition) is 6. The molecule has 5 aromatic rings. The molecule has 240 valence electrons. The number of urea groups is 1. The largest absolute Gasteiger partial charge is 0.505 e. The number of amides is 4. The average molecular weight is 649 g/mol. The number of halogens is 4. The molecule has 0 aliphatic carbocycles. The molecule has 0 radical (unpaired) electrons. The van der Waals surface area contributed by atoms with E-state index in [0.29, 0.717) is 21.7 Å². The molecule has 4 heterocycles. The van der Waals surface area contributed by atoms with Gasteiger partial charge >= 0.3 is 18.1 Å². The van der Waals surface area contributed by atoms with Gasteiger partial charge in [0.25, 0.3) is 0 Å². The molecule has 1 N–H and O–H groups in total. The van der Waals surface area contributed by atoms with Gasteiger partial charge in [-0.05, 0) is 68.4 Å². The number of alkyl halides is 3. The zero-order valence-corrected chi connectivity index (χ0v) is 25.1. The highest BCUT2D eigenvalue weighted by molar-refractivity contribution is 6.28. The van der Waals surface area contributed by atoms with Crippen LogP contribution in [0.15, 0.2) is 79.5 Å². The van der Waals surface area contributed by atoms with Crippen molar-refractivity contribution in [1.29, 1.82) is 0 Å². The van der Waals surface area contributed by atoms with Crippen LogP contribution >= 0.6 is 0 Å². The summed E-state index contributed by atoms with van der Waals surface area (Å²) in [6, 6.07) is 9.39. The fourth-order valence-corrected chi connectivity index (χ4v) is 5.09. The second-order valence-electron chi connectivity index (χ2n) is 11.0. The van der Waals surface area contributed by atoms with Gasteiger partial charge in [0, 0.05) is 25.0 Å². The lowest BCUT2D eigenvalue weighted by molar-refractivity contribution is -0.459. The lowest BCUT2D eigenvalue weighted by atomic mass is 10.0. The summed E-state index contributed by atoms with van der Waals surface area (Å²) >= 11 is 0. The molecule has 1 unspecified atom stereocenters. The van der Waals surface area contributed by atoms with Crippen molar-refractivity contribution < 1.29 is 41.3 Å². The molecule has 0 saturated heterocycles. The monoisotopic (exact) mass is 648 g/mol. The number of pyridine rings is 1. The molecule has 11 nitrogen and oxygen atoms in total. The van der Waals surface area contributed by atoms with E-state index in [-0.39, 0.29) is 17.2 Å². The Bertz CT molecular complexity index is 2070. The summed E-state index contributed by atoms with van der Waals surface area (Å²) in [5, 5.41) is 6.42. The SMILES string of the molecule is CC(C)[N+]1=CC(C(=O)Nc2ccc(Oc3cc(-c4cn(C)cn4)cn4nccc34)cc2C(F)(F)F)C(=O)N(c2ccc(F)cc2)C1=O. The van der Waals surface area contributed by atoms with Gasteiger partial charge in [0.1, 0.15) is 22.8 Å². The summed E-state index contributed by atoms with van der Waals surface area (Å²) < 4.78 is 66.9. The van der Waals surface area contributed by atoms with E-state index in [1.807, 2.05) is 0 Å². The smallest absolute Gasteiger partial charge is 0.455 e. The predicted octanol–water partition coefficient (Wildman–Crippen LogP) is 5.90. The molecule has 2 aromatic carbocycles. The molecule has 0 spiro atoms. The summed E-state index contributed by atoms with van der Waals surface area (Å²) in [6.45, 7) is 3.26. The number of aromatic nitrogens is 4. The van der Waals surface area contributed by atoms with Crippen LogP contribution in [-0.4, -0.2) is 53.8 Å². The average Bonchev–Trinajstić information content (AvgIpc) is 3.67. The predicted molar refractivity (Wildman–Crippen MR) is 162 cm³/mol. The fraction of sp³-hybridized carbons (Fsp3) is 0.188. The second kappa shape index (κ2) is 11.8. The number of fused-ring (bicyclic) bond motifs is 1. The van der Waals surface area contributed by atoms with Crippen molar-refractivity contribution in [1.82, 2.24) is 19.2 Å². The van der Waals surface area contributed by atoms with Crippen LogP contribution in [0, 0.1) is 11.7 Å². The Morgan fingerprint density at radius 2 is 1.79 bits per heavy atom. The maximum absolute atomic E-state index is 14.4. The summed E-state index contributed by atoms with van der Waals surface area (Å²) in [7, 11) is 1.79. The number of carbonyl (C=O) groups is 3. The third kappa shape index (κ3) is 6.06. The summed E-state index contributed by atoms with van der Waals surface area (Å²) in [4.78, 5) is 45.0. The Kier molecular flexibility index (Phi) is 7.83. The number of imide groups is 1. The Labute approximate surface area is 264 Å². The molecule has 47 heavy (non-hydrogen) atoms. The minimum atomic E-state index is -4.94. The van der Waals surface area contributed by atoms with Crippen LogP contribution in [0.1, 0.15) is 19.4 Å². The number of imidazole rings is 1.